The normalized spacial score (nSPS) is 10.3. The summed E-state index contributed by atoms with van der Waals surface area (Å²) in [5, 5.41) is 14.3. The van der Waals surface area contributed by atoms with E-state index in [1.165, 1.54) is 30.0 Å². The van der Waals surface area contributed by atoms with Crippen molar-refractivity contribution in [2.75, 3.05) is 12.3 Å². The molecule has 0 spiro atoms. The van der Waals surface area contributed by atoms with Crippen LogP contribution in [-0.4, -0.2) is 33.1 Å². The van der Waals surface area contributed by atoms with Crippen LogP contribution >= 0.6 is 23.4 Å². The van der Waals surface area contributed by atoms with Crippen LogP contribution in [-0.2, 0) is 0 Å². The van der Waals surface area contributed by atoms with Gasteiger partial charge < -0.3 is 5.32 Å². The van der Waals surface area contributed by atoms with Crippen molar-refractivity contribution in [1.29, 1.82) is 0 Å². The highest BCUT2D eigenvalue weighted by Gasteiger charge is 2.15. The van der Waals surface area contributed by atoms with E-state index in [1.807, 2.05) is 0 Å². The molecule has 0 bridgehead atoms. The van der Waals surface area contributed by atoms with Crippen molar-refractivity contribution >= 4 is 35.0 Å². The van der Waals surface area contributed by atoms with Crippen LogP contribution in [0.5, 0.6) is 0 Å². The summed E-state index contributed by atoms with van der Waals surface area (Å²) in [5.41, 5.74) is -0.0729. The Bertz CT molecular complexity index is 700. The van der Waals surface area contributed by atoms with E-state index in [1.54, 1.807) is 18.5 Å². The summed E-state index contributed by atoms with van der Waals surface area (Å²) < 4.78 is 0. The fraction of sp³-hybridized carbons (Fsp3) is 0.214. The van der Waals surface area contributed by atoms with E-state index >= 15 is 0 Å². The average Bonchev–Trinajstić information content (AvgIpc) is 2.55. The second-order valence-corrected chi connectivity index (χ2v) is 5.88. The van der Waals surface area contributed by atoms with Crippen LogP contribution in [0.15, 0.2) is 41.8 Å². The van der Waals surface area contributed by atoms with E-state index in [-0.39, 0.29) is 16.3 Å². The molecule has 1 N–H and O–H groups in total. The monoisotopic (exact) mass is 352 g/mol. The van der Waals surface area contributed by atoms with Gasteiger partial charge in [0.05, 0.1) is 15.5 Å². The summed E-state index contributed by atoms with van der Waals surface area (Å²) >= 11 is 7.40. The molecule has 1 heterocycles. The van der Waals surface area contributed by atoms with Crippen molar-refractivity contribution in [2.24, 2.45) is 0 Å². The van der Waals surface area contributed by atoms with Gasteiger partial charge in [-0.25, -0.2) is 9.97 Å². The highest BCUT2D eigenvalue weighted by molar-refractivity contribution is 7.99. The highest BCUT2D eigenvalue weighted by atomic mass is 35.5. The first-order chi connectivity index (χ1) is 11.1. The number of nitrogens with one attached hydrogen (secondary N) is 1. The lowest BCUT2D eigenvalue weighted by atomic mass is 10.2. The molecule has 0 fully saturated rings. The predicted molar refractivity (Wildman–Crippen MR) is 87.8 cm³/mol. The van der Waals surface area contributed by atoms with Crippen molar-refractivity contribution < 1.29 is 9.72 Å². The number of hydrogen-bond acceptors (Lipinski definition) is 6. The van der Waals surface area contributed by atoms with Crippen molar-refractivity contribution in [3.8, 4) is 0 Å². The lowest BCUT2D eigenvalue weighted by Crippen LogP contribution is -2.25. The minimum atomic E-state index is -0.566. The number of non-ortho nitro benzene ring substituents is 1. The Morgan fingerprint density at radius 2 is 2.09 bits per heavy atom. The maximum atomic E-state index is 12.0. The van der Waals surface area contributed by atoms with Gasteiger partial charge in [0.25, 0.3) is 11.6 Å². The predicted octanol–water partition coefficient (Wildman–Crippen LogP) is 2.95. The van der Waals surface area contributed by atoms with Crippen molar-refractivity contribution in [3.63, 3.8) is 0 Å². The zero-order valence-corrected chi connectivity index (χ0v) is 13.5. The van der Waals surface area contributed by atoms with E-state index < -0.39 is 10.8 Å². The number of nitro benzene ring substituents is 1. The molecule has 0 aliphatic heterocycles. The van der Waals surface area contributed by atoms with Crippen LogP contribution in [0.2, 0.25) is 5.02 Å². The maximum absolute atomic E-state index is 12.0. The van der Waals surface area contributed by atoms with Gasteiger partial charge in [0.15, 0.2) is 5.16 Å². The fourth-order valence-electron chi connectivity index (χ4n) is 1.69. The van der Waals surface area contributed by atoms with Gasteiger partial charge in [-0.15, -0.1) is 0 Å². The molecule has 2 rings (SSSR count). The zero-order chi connectivity index (χ0) is 16.7. The van der Waals surface area contributed by atoms with Gasteiger partial charge >= 0.3 is 0 Å². The first-order valence-corrected chi connectivity index (χ1v) is 8.06. The lowest BCUT2D eigenvalue weighted by Gasteiger charge is -2.06. The first-order valence-electron chi connectivity index (χ1n) is 6.70. The SMILES string of the molecule is O=C(NCCCSc1ncccn1)c1cc([N+](=O)[O-])ccc1Cl. The third-order valence-electron chi connectivity index (χ3n) is 2.79. The molecule has 7 nitrogen and oxygen atoms in total. The number of rotatable bonds is 7. The molecule has 0 unspecified atom stereocenters. The number of amides is 1. The molecule has 1 aromatic heterocycles. The molecule has 0 saturated heterocycles. The molecule has 0 aliphatic carbocycles. The van der Waals surface area contributed by atoms with Crippen molar-refractivity contribution in [3.05, 3.63) is 57.4 Å². The van der Waals surface area contributed by atoms with Gasteiger partial charge in [-0.2, -0.15) is 0 Å². The van der Waals surface area contributed by atoms with E-state index in [4.69, 9.17) is 11.6 Å². The van der Waals surface area contributed by atoms with Crippen molar-refractivity contribution in [2.45, 2.75) is 11.6 Å². The number of hydrogen-bond donors (Lipinski definition) is 1. The second kappa shape index (κ2) is 8.44. The highest BCUT2D eigenvalue weighted by Crippen LogP contribution is 2.22. The molecule has 0 atom stereocenters. The smallest absolute Gasteiger partial charge is 0.270 e. The molecule has 9 heteroatoms. The van der Waals surface area contributed by atoms with Gasteiger partial charge in [-0.05, 0) is 18.6 Å². The molecule has 23 heavy (non-hydrogen) atoms. The number of aromatic nitrogens is 2. The number of thioether (sulfide) groups is 1. The Morgan fingerprint density at radius 1 is 1.35 bits per heavy atom. The quantitative estimate of drug-likeness (QED) is 0.270. The largest absolute Gasteiger partial charge is 0.352 e. The fourth-order valence-corrected chi connectivity index (χ4v) is 2.64. The molecular weight excluding hydrogens is 340 g/mol. The van der Waals surface area contributed by atoms with Gasteiger partial charge in [0.2, 0.25) is 0 Å². The molecule has 1 amide bonds. The zero-order valence-electron chi connectivity index (χ0n) is 11.9. The van der Waals surface area contributed by atoms with Gasteiger partial charge in [-0.1, -0.05) is 23.4 Å². The number of nitro groups is 1. The third kappa shape index (κ3) is 5.19. The van der Waals surface area contributed by atoms with E-state index in [9.17, 15) is 14.9 Å². The van der Waals surface area contributed by atoms with E-state index in [0.717, 1.165) is 5.75 Å². The van der Waals surface area contributed by atoms with E-state index in [2.05, 4.69) is 15.3 Å². The summed E-state index contributed by atoms with van der Waals surface area (Å²) in [6.45, 7) is 0.428. The second-order valence-electron chi connectivity index (χ2n) is 4.41. The van der Waals surface area contributed by atoms with Gasteiger partial charge in [0, 0.05) is 36.8 Å². The van der Waals surface area contributed by atoms with Crippen LogP contribution in [0.1, 0.15) is 16.8 Å². The summed E-state index contributed by atoms with van der Waals surface area (Å²) in [4.78, 5) is 30.4. The standard InChI is InChI=1S/C14H13ClN4O3S/c15-12-4-3-10(19(21)22)9-11(12)13(20)16-7-2-8-23-14-17-5-1-6-18-14/h1,3-6,9H,2,7-8H2,(H,16,20). The number of benzene rings is 1. The average molecular weight is 353 g/mol. The van der Waals surface area contributed by atoms with Crippen LogP contribution in [0, 0.1) is 10.1 Å². The minimum absolute atomic E-state index is 0.0971. The number of halogens is 1. The summed E-state index contributed by atoms with van der Waals surface area (Å²) in [7, 11) is 0. The minimum Gasteiger partial charge on any atom is -0.352 e. The molecule has 0 saturated carbocycles. The maximum Gasteiger partial charge on any atom is 0.270 e. The molecule has 0 aliphatic rings. The Morgan fingerprint density at radius 3 is 2.78 bits per heavy atom. The molecule has 1 aromatic carbocycles. The van der Waals surface area contributed by atoms with Crippen LogP contribution in [0.3, 0.4) is 0 Å². The lowest BCUT2D eigenvalue weighted by molar-refractivity contribution is -0.384. The topological polar surface area (TPSA) is 98.0 Å². The van der Waals surface area contributed by atoms with E-state index in [0.29, 0.717) is 18.1 Å². The van der Waals surface area contributed by atoms with Gasteiger partial charge in [-0.3, -0.25) is 14.9 Å². The molecule has 120 valence electrons. The third-order valence-corrected chi connectivity index (χ3v) is 4.08. The number of nitrogens with zero attached hydrogens (tertiary/aromatic N) is 3. The number of carbonyl (C=O) groups excluding carboxylic acids is 1. The Balaban J connectivity index is 1.81. The molecule has 2 aromatic rings. The van der Waals surface area contributed by atoms with Crippen molar-refractivity contribution in [1.82, 2.24) is 15.3 Å². The molecule has 0 radical (unpaired) electrons. The summed E-state index contributed by atoms with van der Waals surface area (Å²) in [6.07, 6.45) is 4.05. The van der Waals surface area contributed by atoms with Gasteiger partial charge in [0.1, 0.15) is 0 Å². The van der Waals surface area contributed by atoms with Crippen LogP contribution < -0.4 is 5.32 Å². The number of carbonyl (C=O) groups is 1. The summed E-state index contributed by atoms with van der Waals surface area (Å²) in [6, 6.07) is 5.52. The summed E-state index contributed by atoms with van der Waals surface area (Å²) in [5.74, 6) is 0.312. The Labute approximate surface area is 141 Å². The Kier molecular flexibility index (Phi) is 6.30. The van der Waals surface area contributed by atoms with Crippen LogP contribution in [0.25, 0.3) is 0 Å². The van der Waals surface area contributed by atoms with Crippen LogP contribution in [0.4, 0.5) is 5.69 Å². The Hall–Kier alpha value is -2.19. The molecular formula is C14H13ClN4O3S. The first kappa shape index (κ1) is 17.2.